The zero-order valence-corrected chi connectivity index (χ0v) is 17.8. The van der Waals surface area contributed by atoms with Crippen molar-refractivity contribution in [1.29, 1.82) is 0 Å². The van der Waals surface area contributed by atoms with E-state index in [4.69, 9.17) is 21.1 Å². The monoisotopic (exact) mass is 429 g/mol. The Morgan fingerprint density at radius 2 is 1.77 bits per heavy atom. The number of hydrogen-bond donors (Lipinski definition) is 0. The predicted octanol–water partition coefficient (Wildman–Crippen LogP) is 3.14. The van der Waals surface area contributed by atoms with Crippen LogP contribution in [0.4, 0.5) is 5.95 Å². The molecule has 0 atom stereocenters. The lowest BCUT2D eigenvalue weighted by atomic mass is 10.1. The summed E-state index contributed by atoms with van der Waals surface area (Å²) in [5.41, 5.74) is 1.22. The van der Waals surface area contributed by atoms with Crippen LogP contribution in [0, 0.1) is 0 Å². The van der Waals surface area contributed by atoms with Crippen molar-refractivity contribution in [3.63, 3.8) is 0 Å². The highest BCUT2D eigenvalue weighted by Crippen LogP contribution is 2.29. The summed E-state index contributed by atoms with van der Waals surface area (Å²) >= 11 is 6.19. The third-order valence-electron chi connectivity index (χ3n) is 5.01. The van der Waals surface area contributed by atoms with E-state index in [0.717, 1.165) is 5.95 Å². The largest absolute Gasteiger partial charge is 0.490 e. The van der Waals surface area contributed by atoms with Crippen LogP contribution in [0.1, 0.15) is 24.2 Å². The topological polar surface area (TPSA) is 72.2 Å². The molecule has 9 heteroatoms. The second-order valence-corrected chi connectivity index (χ2v) is 7.26. The van der Waals surface area contributed by atoms with E-state index < -0.39 is 0 Å². The van der Waals surface area contributed by atoms with Crippen molar-refractivity contribution in [1.82, 2.24) is 19.5 Å². The minimum Gasteiger partial charge on any atom is -0.490 e. The number of halogens is 1. The normalized spacial score (nSPS) is 14.2. The summed E-state index contributed by atoms with van der Waals surface area (Å²) in [5.74, 6) is 1.96. The first-order valence-electron chi connectivity index (χ1n) is 10.1. The minimum absolute atomic E-state index is 0.0206. The summed E-state index contributed by atoms with van der Waals surface area (Å²) in [7, 11) is 0. The smallest absolute Gasteiger partial charge is 0.254 e. The third kappa shape index (κ3) is 3.87. The molecule has 1 aromatic carbocycles. The number of carbonyl (C=O) groups is 1. The van der Waals surface area contributed by atoms with Gasteiger partial charge in [0.05, 0.1) is 18.2 Å². The summed E-state index contributed by atoms with van der Waals surface area (Å²) < 4.78 is 13.1. The maximum atomic E-state index is 13.0. The molecule has 1 amide bonds. The Labute approximate surface area is 180 Å². The number of ether oxygens (including phenoxy) is 2. The molecule has 1 saturated heterocycles. The van der Waals surface area contributed by atoms with Gasteiger partial charge in [-0.3, -0.25) is 9.20 Å². The lowest BCUT2D eigenvalue weighted by Crippen LogP contribution is -2.49. The molecule has 3 heterocycles. The van der Waals surface area contributed by atoms with E-state index >= 15 is 0 Å². The Hall–Kier alpha value is -3.00. The molecular weight excluding hydrogens is 406 g/mol. The van der Waals surface area contributed by atoms with Crippen molar-refractivity contribution in [3.8, 4) is 11.5 Å². The molecule has 0 N–H and O–H groups in total. The highest BCUT2D eigenvalue weighted by Gasteiger charge is 2.25. The molecule has 0 aliphatic carbocycles. The summed E-state index contributed by atoms with van der Waals surface area (Å²) in [6.45, 7) is 7.37. The lowest BCUT2D eigenvalue weighted by Gasteiger charge is -2.34. The number of rotatable bonds is 6. The molecule has 1 aliphatic rings. The van der Waals surface area contributed by atoms with Crippen molar-refractivity contribution in [3.05, 3.63) is 47.1 Å². The fourth-order valence-corrected chi connectivity index (χ4v) is 3.76. The van der Waals surface area contributed by atoms with Gasteiger partial charge in [-0.15, -0.1) is 10.2 Å². The number of anilines is 1. The van der Waals surface area contributed by atoms with Gasteiger partial charge < -0.3 is 19.3 Å². The first kappa shape index (κ1) is 20.3. The van der Waals surface area contributed by atoms with Gasteiger partial charge in [-0.25, -0.2) is 0 Å². The summed E-state index contributed by atoms with van der Waals surface area (Å²) in [6, 6.07) is 9.00. The molecule has 2 aromatic heterocycles. The van der Waals surface area contributed by atoms with Gasteiger partial charge in [-0.1, -0.05) is 11.6 Å². The number of amides is 1. The molecule has 30 heavy (non-hydrogen) atoms. The van der Waals surface area contributed by atoms with Crippen LogP contribution in [0.5, 0.6) is 11.5 Å². The molecular formula is C21H24ClN5O3. The van der Waals surface area contributed by atoms with Gasteiger partial charge >= 0.3 is 0 Å². The van der Waals surface area contributed by atoms with E-state index in [1.807, 2.05) is 35.4 Å². The zero-order valence-electron chi connectivity index (χ0n) is 17.0. The molecule has 0 spiro atoms. The van der Waals surface area contributed by atoms with E-state index in [9.17, 15) is 4.79 Å². The van der Waals surface area contributed by atoms with Gasteiger partial charge in [0.25, 0.3) is 5.91 Å². The maximum Gasteiger partial charge on any atom is 0.254 e. The number of pyridine rings is 1. The molecule has 1 aliphatic heterocycles. The van der Waals surface area contributed by atoms with Crippen LogP contribution in [0.25, 0.3) is 5.65 Å². The van der Waals surface area contributed by atoms with Crippen LogP contribution in [-0.4, -0.2) is 64.8 Å². The van der Waals surface area contributed by atoms with Crippen LogP contribution in [0.3, 0.4) is 0 Å². The van der Waals surface area contributed by atoms with Gasteiger partial charge in [0, 0.05) is 37.9 Å². The highest BCUT2D eigenvalue weighted by molar-refractivity contribution is 6.33. The zero-order chi connectivity index (χ0) is 21.1. The van der Waals surface area contributed by atoms with Crippen molar-refractivity contribution in [2.75, 3.05) is 44.3 Å². The number of piperazine rings is 1. The van der Waals surface area contributed by atoms with Gasteiger partial charge in [0.2, 0.25) is 5.95 Å². The Kier molecular flexibility index (Phi) is 5.94. The van der Waals surface area contributed by atoms with Gasteiger partial charge in [-0.05, 0) is 44.2 Å². The van der Waals surface area contributed by atoms with Crippen molar-refractivity contribution >= 4 is 29.1 Å². The number of benzene rings is 1. The van der Waals surface area contributed by atoms with Gasteiger partial charge in [0.1, 0.15) is 0 Å². The third-order valence-corrected chi connectivity index (χ3v) is 5.30. The molecule has 0 saturated carbocycles. The molecule has 158 valence electrons. The van der Waals surface area contributed by atoms with Crippen molar-refractivity contribution < 1.29 is 14.3 Å². The first-order valence-corrected chi connectivity index (χ1v) is 10.4. The molecule has 4 rings (SSSR count). The van der Waals surface area contributed by atoms with Crippen molar-refractivity contribution in [2.24, 2.45) is 0 Å². The summed E-state index contributed by atoms with van der Waals surface area (Å²) in [5, 5.41) is 9.03. The molecule has 0 radical (unpaired) electrons. The number of aromatic nitrogens is 3. The quantitative estimate of drug-likeness (QED) is 0.599. The van der Waals surface area contributed by atoms with E-state index in [2.05, 4.69) is 15.1 Å². The second kappa shape index (κ2) is 8.79. The van der Waals surface area contributed by atoms with E-state index in [1.165, 1.54) is 0 Å². The van der Waals surface area contributed by atoms with Crippen LogP contribution in [0.15, 0.2) is 36.5 Å². The van der Waals surface area contributed by atoms with Crippen molar-refractivity contribution in [2.45, 2.75) is 13.8 Å². The van der Waals surface area contributed by atoms with Crippen LogP contribution in [0.2, 0.25) is 5.02 Å². The molecule has 0 unspecified atom stereocenters. The molecule has 3 aromatic rings. The molecule has 8 nitrogen and oxygen atoms in total. The maximum absolute atomic E-state index is 13.0. The molecule has 0 bridgehead atoms. The fourth-order valence-electron chi connectivity index (χ4n) is 3.56. The number of carbonyl (C=O) groups excluding carboxylic acids is 1. The Bertz CT molecular complexity index is 1050. The van der Waals surface area contributed by atoms with Gasteiger partial charge in [-0.2, -0.15) is 0 Å². The SMILES string of the molecule is CCOc1ccc(C(=O)N2CCN(c3nnc4c(Cl)cccn34)CC2)cc1OCC. The van der Waals surface area contributed by atoms with E-state index in [1.54, 1.807) is 24.3 Å². The van der Waals surface area contributed by atoms with Crippen LogP contribution in [-0.2, 0) is 0 Å². The van der Waals surface area contributed by atoms with Crippen LogP contribution < -0.4 is 14.4 Å². The Balaban J connectivity index is 1.46. The standard InChI is InChI=1S/C21H24ClN5O3/c1-3-29-17-8-7-15(14-18(17)30-4-2)20(28)25-10-12-26(13-11-25)21-24-23-19-16(22)6-5-9-27(19)21/h5-9,14H,3-4,10-13H2,1-2H3. The average molecular weight is 430 g/mol. The average Bonchev–Trinajstić information content (AvgIpc) is 3.20. The first-order chi connectivity index (χ1) is 14.6. The second-order valence-electron chi connectivity index (χ2n) is 6.86. The number of nitrogens with zero attached hydrogens (tertiary/aromatic N) is 5. The van der Waals surface area contributed by atoms with Crippen LogP contribution >= 0.6 is 11.6 Å². The highest BCUT2D eigenvalue weighted by atomic mass is 35.5. The predicted molar refractivity (Wildman–Crippen MR) is 115 cm³/mol. The summed E-state index contributed by atoms with van der Waals surface area (Å²) in [4.78, 5) is 17.0. The van der Waals surface area contributed by atoms with E-state index in [-0.39, 0.29) is 5.91 Å². The number of hydrogen-bond acceptors (Lipinski definition) is 6. The Morgan fingerprint density at radius 1 is 1.03 bits per heavy atom. The minimum atomic E-state index is -0.0206. The Morgan fingerprint density at radius 3 is 2.50 bits per heavy atom. The molecule has 1 fully saturated rings. The lowest BCUT2D eigenvalue weighted by molar-refractivity contribution is 0.0745. The van der Waals surface area contributed by atoms with E-state index in [0.29, 0.717) is 67.1 Å². The summed E-state index contributed by atoms with van der Waals surface area (Å²) in [6.07, 6.45) is 1.89. The van der Waals surface area contributed by atoms with Gasteiger partial charge in [0.15, 0.2) is 17.1 Å². The fraction of sp³-hybridized carbons (Fsp3) is 0.381. The number of fused-ring (bicyclic) bond motifs is 1.